The van der Waals surface area contributed by atoms with E-state index in [4.69, 9.17) is 23.4 Å². The van der Waals surface area contributed by atoms with Crippen LogP contribution in [-0.2, 0) is 0 Å². The Hall–Kier alpha value is -4.24. The van der Waals surface area contributed by atoms with E-state index >= 15 is 0 Å². The summed E-state index contributed by atoms with van der Waals surface area (Å²) in [4.78, 5) is 0. The zero-order valence-electron chi connectivity index (χ0n) is 15.6. The molecular weight excluding hydrogens is 384 g/mol. The van der Waals surface area contributed by atoms with Crippen LogP contribution in [0.15, 0.2) is 59.0 Å². The van der Waals surface area contributed by atoms with Gasteiger partial charge in [-0.3, -0.25) is 0 Å². The van der Waals surface area contributed by atoms with Crippen LogP contribution in [0.5, 0.6) is 28.7 Å². The molecule has 4 aromatic rings. The maximum absolute atomic E-state index is 10.00. The number of furan rings is 1. The van der Waals surface area contributed by atoms with E-state index in [1.807, 2.05) is 36.4 Å². The lowest BCUT2D eigenvalue weighted by molar-refractivity contribution is 0.173. The summed E-state index contributed by atoms with van der Waals surface area (Å²) in [6.45, 7) is 0.412. The Morgan fingerprint density at radius 1 is 0.700 bits per heavy atom. The summed E-state index contributed by atoms with van der Waals surface area (Å²) in [5, 5.41) is 10.7. The Bertz CT molecular complexity index is 1370. The molecule has 6 heteroatoms. The third kappa shape index (κ3) is 2.68. The molecule has 2 aliphatic heterocycles. The molecule has 3 heterocycles. The molecule has 1 N–H and O–H groups in total. The van der Waals surface area contributed by atoms with Crippen molar-refractivity contribution in [1.82, 2.24) is 0 Å². The van der Waals surface area contributed by atoms with Gasteiger partial charge < -0.3 is 28.5 Å². The van der Waals surface area contributed by atoms with Gasteiger partial charge in [0.05, 0.1) is 5.56 Å². The van der Waals surface area contributed by atoms with E-state index < -0.39 is 0 Å². The van der Waals surface area contributed by atoms with E-state index in [2.05, 4.69) is 11.8 Å². The number of phenols is 1. The number of rotatable bonds is 1. The Labute approximate surface area is 171 Å². The molecule has 0 fully saturated rings. The summed E-state index contributed by atoms with van der Waals surface area (Å²) in [5.74, 6) is 9.86. The molecule has 146 valence electrons. The number of phenolic OH excluding ortho intramolecular Hbond substituents is 1. The third-order valence-corrected chi connectivity index (χ3v) is 5.01. The normalized spacial score (nSPS) is 13.3. The van der Waals surface area contributed by atoms with E-state index in [1.54, 1.807) is 18.2 Å². The first kappa shape index (κ1) is 16.7. The number of hydrogen-bond donors (Lipinski definition) is 1. The van der Waals surface area contributed by atoms with Gasteiger partial charge in [-0.1, -0.05) is 11.8 Å². The SMILES string of the molecule is Oc1ccc2oc(-c3ccc4c(c3)OCO4)c(C#Cc3ccc4c(c3)OCO4)c2c1. The molecule has 0 bridgehead atoms. The molecular formula is C24H14O6. The van der Waals surface area contributed by atoms with Crippen LogP contribution < -0.4 is 18.9 Å². The van der Waals surface area contributed by atoms with Gasteiger partial charge in [0.25, 0.3) is 0 Å². The van der Waals surface area contributed by atoms with Crippen molar-refractivity contribution in [1.29, 1.82) is 0 Å². The van der Waals surface area contributed by atoms with Crippen molar-refractivity contribution in [3.63, 3.8) is 0 Å². The Morgan fingerprint density at radius 3 is 2.27 bits per heavy atom. The minimum atomic E-state index is 0.145. The van der Waals surface area contributed by atoms with Crippen LogP contribution >= 0.6 is 0 Å². The van der Waals surface area contributed by atoms with Crippen LogP contribution in [0.25, 0.3) is 22.3 Å². The van der Waals surface area contributed by atoms with Gasteiger partial charge in [-0.25, -0.2) is 0 Å². The van der Waals surface area contributed by atoms with Crippen LogP contribution in [0, 0.1) is 11.8 Å². The molecule has 6 rings (SSSR count). The number of ether oxygens (including phenoxy) is 4. The zero-order chi connectivity index (χ0) is 20.1. The lowest BCUT2D eigenvalue weighted by atomic mass is 10.0. The number of aromatic hydroxyl groups is 1. The van der Waals surface area contributed by atoms with Crippen molar-refractivity contribution in [2.75, 3.05) is 13.6 Å². The molecule has 1 aromatic heterocycles. The van der Waals surface area contributed by atoms with Gasteiger partial charge in [0.2, 0.25) is 13.6 Å². The van der Waals surface area contributed by atoms with Gasteiger partial charge in [0.15, 0.2) is 28.8 Å². The first-order chi connectivity index (χ1) is 14.7. The lowest BCUT2D eigenvalue weighted by Gasteiger charge is -2.01. The quantitative estimate of drug-likeness (QED) is 0.470. The van der Waals surface area contributed by atoms with Crippen LogP contribution in [-0.4, -0.2) is 18.7 Å². The first-order valence-electron chi connectivity index (χ1n) is 9.32. The van der Waals surface area contributed by atoms with E-state index in [0.29, 0.717) is 39.9 Å². The Kier molecular flexibility index (Phi) is 3.56. The molecule has 0 spiro atoms. The summed E-state index contributed by atoms with van der Waals surface area (Å²) in [7, 11) is 0. The lowest BCUT2D eigenvalue weighted by Crippen LogP contribution is -1.92. The van der Waals surface area contributed by atoms with Crippen LogP contribution in [0.4, 0.5) is 0 Å². The third-order valence-electron chi connectivity index (χ3n) is 5.01. The predicted molar refractivity (Wildman–Crippen MR) is 108 cm³/mol. The van der Waals surface area contributed by atoms with Crippen LogP contribution in [0.2, 0.25) is 0 Å². The fraction of sp³-hybridized carbons (Fsp3) is 0.0833. The second-order valence-corrected chi connectivity index (χ2v) is 6.87. The minimum absolute atomic E-state index is 0.145. The monoisotopic (exact) mass is 398 g/mol. The molecule has 0 radical (unpaired) electrons. The van der Waals surface area contributed by atoms with Gasteiger partial charge in [-0.05, 0) is 54.6 Å². The van der Waals surface area contributed by atoms with Crippen LogP contribution in [0.3, 0.4) is 0 Å². The molecule has 0 unspecified atom stereocenters. The zero-order valence-corrected chi connectivity index (χ0v) is 15.6. The topological polar surface area (TPSA) is 70.3 Å². The maximum atomic E-state index is 10.00. The second kappa shape index (κ2) is 6.39. The summed E-state index contributed by atoms with van der Waals surface area (Å²) in [5.41, 5.74) is 2.91. The fourth-order valence-corrected chi connectivity index (χ4v) is 3.56. The number of benzene rings is 3. The molecule has 2 aliphatic rings. The highest BCUT2D eigenvalue weighted by atomic mass is 16.7. The number of hydrogen-bond acceptors (Lipinski definition) is 6. The smallest absolute Gasteiger partial charge is 0.231 e. The van der Waals surface area contributed by atoms with Crippen molar-refractivity contribution in [3.8, 4) is 51.9 Å². The van der Waals surface area contributed by atoms with Crippen molar-refractivity contribution >= 4 is 11.0 Å². The standard InChI is InChI=1S/C24H14O6/c25-16-4-8-19-18(11-16)17(5-1-14-2-6-20-22(9-14)28-12-26-20)24(30-19)15-3-7-21-23(10-15)29-13-27-21/h2-4,6-11,25H,12-13H2. The molecule has 0 saturated heterocycles. The summed E-state index contributed by atoms with van der Waals surface area (Å²) in [6.07, 6.45) is 0. The number of fused-ring (bicyclic) bond motifs is 3. The molecule has 0 saturated carbocycles. The average molecular weight is 398 g/mol. The fourth-order valence-electron chi connectivity index (χ4n) is 3.56. The van der Waals surface area contributed by atoms with Gasteiger partial charge in [0, 0.05) is 16.5 Å². The molecule has 0 amide bonds. The van der Waals surface area contributed by atoms with E-state index in [9.17, 15) is 5.11 Å². The Balaban J connectivity index is 1.51. The average Bonchev–Trinajstić information content (AvgIpc) is 3.49. The van der Waals surface area contributed by atoms with E-state index in [1.165, 1.54) is 0 Å². The van der Waals surface area contributed by atoms with Crippen LogP contribution in [0.1, 0.15) is 11.1 Å². The largest absolute Gasteiger partial charge is 0.508 e. The highest BCUT2D eigenvalue weighted by molar-refractivity contribution is 5.92. The highest BCUT2D eigenvalue weighted by Crippen LogP contribution is 2.40. The summed E-state index contributed by atoms with van der Waals surface area (Å²) in [6, 6.07) is 16.1. The van der Waals surface area contributed by atoms with E-state index in [-0.39, 0.29) is 19.3 Å². The molecule has 0 atom stereocenters. The van der Waals surface area contributed by atoms with Crippen molar-refractivity contribution in [2.24, 2.45) is 0 Å². The summed E-state index contributed by atoms with van der Waals surface area (Å²) >= 11 is 0. The van der Waals surface area contributed by atoms with Gasteiger partial charge in [-0.2, -0.15) is 0 Å². The molecule has 6 nitrogen and oxygen atoms in total. The predicted octanol–water partition coefficient (Wildman–Crippen LogP) is 4.66. The van der Waals surface area contributed by atoms with Crippen molar-refractivity contribution in [3.05, 3.63) is 65.7 Å². The molecule has 3 aromatic carbocycles. The summed E-state index contributed by atoms with van der Waals surface area (Å²) < 4.78 is 27.8. The van der Waals surface area contributed by atoms with E-state index in [0.717, 1.165) is 16.5 Å². The first-order valence-corrected chi connectivity index (χ1v) is 9.32. The molecule has 30 heavy (non-hydrogen) atoms. The van der Waals surface area contributed by atoms with Gasteiger partial charge >= 0.3 is 0 Å². The minimum Gasteiger partial charge on any atom is -0.508 e. The van der Waals surface area contributed by atoms with Crippen molar-refractivity contribution in [2.45, 2.75) is 0 Å². The van der Waals surface area contributed by atoms with Crippen molar-refractivity contribution < 1.29 is 28.5 Å². The van der Waals surface area contributed by atoms with Gasteiger partial charge in [0.1, 0.15) is 11.3 Å². The second-order valence-electron chi connectivity index (χ2n) is 6.87. The highest BCUT2D eigenvalue weighted by Gasteiger charge is 2.20. The Morgan fingerprint density at radius 2 is 1.43 bits per heavy atom. The maximum Gasteiger partial charge on any atom is 0.231 e. The van der Waals surface area contributed by atoms with Gasteiger partial charge in [-0.15, -0.1) is 0 Å². The molecule has 0 aliphatic carbocycles.